The number of fused-ring (bicyclic) bond motifs is 1. The average Bonchev–Trinajstić information content (AvgIpc) is 2.31. The summed E-state index contributed by atoms with van der Waals surface area (Å²) in [4.78, 5) is 0. The van der Waals surface area contributed by atoms with Gasteiger partial charge in [0, 0.05) is 4.47 Å². The number of nitrogens with one attached hydrogen (secondary N) is 1. The van der Waals surface area contributed by atoms with Crippen molar-refractivity contribution in [2.75, 3.05) is 7.05 Å². The first-order chi connectivity index (χ1) is 7.74. The molecule has 16 heavy (non-hydrogen) atoms. The fourth-order valence-corrected chi connectivity index (χ4v) is 2.14. The average molecular weight is 274 g/mol. The normalized spacial score (nSPS) is 12.3. The van der Waals surface area contributed by atoms with Gasteiger partial charge in [-0.25, -0.2) is 0 Å². The molecule has 2 rings (SSSR count). The van der Waals surface area contributed by atoms with Gasteiger partial charge in [-0.05, 0) is 41.6 Å². The Morgan fingerprint density at radius 1 is 1.19 bits per heavy atom. The van der Waals surface area contributed by atoms with Crippen LogP contribution in [0, 0.1) is 12.3 Å². The Labute approximate surface area is 104 Å². The summed E-state index contributed by atoms with van der Waals surface area (Å²) in [6, 6.07) is 12.5. The summed E-state index contributed by atoms with van der Waals surface area (Å²) in [5.74, 6) is 2.72. The lowest BCUT2D eigenvalue weighted by Crippen LogP contribution is -2.13. The van der Waals surface area contributed by atoms with E-state index >= 15 is 0 Å². The molecule has 1 unspecified atom stereocenters. The topological polar surface area (TPSA) is 12.0 Å². The second-order valence-corrected chi connectivity index (χ2v) is 4.55. The lowest BCUT2D eigenvalue weighted by molar-refractivity contribution is 0.738. The van der Waals surface area contributed by atoms with E-state index < -0.39 is 0 Å². The first kappa shape index (κ1) is 11.2. The first-order valence-corrected chi connectivity index (χ1v) is 5.86. The lowest BCUT2D eigenvalue weighted by Gasteiger charge is -2.10. The molecule has 1 atom stereocenters. The Hall–Kier alpha value is -1.30. The summed E-state index contributed by atoms with van der Waals surface area (Å²) in [6.07, 6.45) is 5.46. The first-order valence-electron chi connectivity index (χ1n) is 5.07. The number of hydrogen-bond acceptors (Lipinski definition) is 1. The molecule has 0 saturated carbocycles. The van der Waals surface area contributed by atoms with Crippen molar-refractivity contribution in [2.24, 2.45) is 0 Å². The van der Waals surface area contributed by atoms with Crippen molar-refractivity contribution in [1.29, 1.82) is 0 Å². The highest BCUT2D eigenvalue weighted by Crippen LogP contribution is 2.23. The van der Waals surface area contributed by atoms with Gasteiger partial charge in [0.15, 0.2) is 0 Å². The largest absolute Gasteiger partial charge is 0.303 e. The molecule has 0 fully saturated rings. The van der Waals surface area contributed by atoms with Crippen LogP contribution in [0.2, 0.25) is 0 Å². The van der Waals surface area contributed by atoms with Crippen molar-refractivity contribution in [2.45, 2.75) is 6.04 Å². The van der Waals surface area contributed by atoms with Crippen LogP contribution in [0.25, 0.3) is 10.8 Å². The predicted octanol–water partition coefficient (Wildman–Crippen LogP) is 3.50. The van der Waals surface area contributed by atoms with Crippen LogP contribution in [0.15, 0.2) is 40.9 Å². The zero-order valence-corrected chi connectivity index (χ0v) is 10.6. The molecule has 0 aliphatic carbocycles. The van der Waals surface area contributed by atoms with E-state index in [2.05, 4.69) is 57.5 Å². The van der Waals surface area contributed by atoms with Gasteiger partial charge in [-0.15, -0.1) is 6.42 Å². The summed E-state index contributed by atoms with van der Waals surface area (Å²) < 4.78 is 1.09. The van der Waals surface area contributed by atoms with E-state index in [1.54, 1.807) is 0 Å². The van der Waals surface area contributed by atoms with Crippen LogP contribution in [0.4, 0.5) is 0 Å². The smallest absolute Gasteiger partial charge is 0.0941 e. The van der Waals surface area contributed by atoms with E-state index in [0.29, 0.717) is 0 Å². The van der Waals surface area contributed by atoms with Crippen LogP contribution in [0.1, 0.15) is 11.6 Å². The zero-order valence-electron chi connectivity index (χ0n) is 9.00. The van der Waals surface area contributed by atoms with Crippen molar-refractivity contribution < 1.29 is 0 Å². The van der Waals surface area contributed by atoms with Crippen LogP contribution >= 0.6 is 15.9 Å². The third-order valence-electron chi connectivity index (χ3n) is 2.62. The number of rotatable bonds is 2. The molecule has 0 spiro atoms. The van der Waals surface area contributed by atoms with E-state index in [1.807, 2.05) is 13.1 Å². The van der Waals surface area contributed by atoms with Crippen LogP contribution in [0.3, 0.4) is 0 Å². The van der Waals surface area contributed by atoms with Gasteiger partial charge in [0.2, 0.25) is 0 Å². The monoisotopic (exact) mass is 273 g/mol. The lowest BCUT2D eigenvalue weighted by atomic mass is 10.0. The molecule has 80 valence electrons. The number of hydrogen-bond donors (Lipinski definition) is 1. The third-order valence-corrected chi connectivity index (χ3v) is 3.11. The summed E-state index contributed by atoms with van der Waals surface area (Å²) in [5, 5.41) is 5.52. The molecule has 0 heterocycles. The molecule has 1 nitrogen and oxygen atoms in total. The molecular weight excluding hydrogens is 262 g/mol. The maximum Gasteiger partial charge on any atom is 0.0941 e. The van der Waals surface area contributed by atoms with Gasteiger partial charge < -0.3 is 5.32 Å². The molecule has 2 aromatic carbocycles. The fourth-order valence-electron chi connectivity index (χ4n) is 1.76. The molecule has 2 heteroatoms. The zero-order chi connectivity index (χ0) is 11.5. The Bertz CT molecular complexity index is 554. The summed E-state index contributed by atoms with van der Waals surface area (Å²) in [7, 11) is 1.87. The van der Waals surface area contributed by atoms with Gasteiger partial charge in [-0.1, -0.05) is 40.0 Å². The summed E-state index contributed by atoms with van der Waals surface area (Å²) in [6.45, 7) is 0. The van der Waals surface area contributed by atoms with Crippen molar-refractivity contribution >= 4 is 26.7 Å². The van der Waals surface area contributed by atoms with Crippen LogP contribution in [-0.2, 0) is 0 Å². The molecule has 0 saturated heterocycles. The maximum absolute atomic E-state index is 5.46. The third kappa shape index (κ3) is 2.11. The number of terminal acetylenes is 1. The highest BCUT2D eigenvalue weighted by molar-refractivity contribution is 9.10. The van der Waals surface area contributed by atoms with Crippen molar-refractivity contribution in [3.63, 3.8) is 0 Å². The minimum Gasteiger partial charge on any atom is -0.303 e. The van der Waals surface area contributed by atoms with Crippen LogP contribution < -0.4 is 5.32 Å². The van der Waals surface area contributed by atoms with E-state index in [1.165, 1.54) is 10.8 Å². The van der Waals surface area contributed by atoms with Crippen LogP contribution in [-0.4, -0.2) is 7.05 Å². The van der Waals surface area contributed by atoms with Gasteiger partial charge in [-0.3, -0.25) is 0 Å². The Kier molecular flexibility index (Phi) is 3.28. The highest BCUT2D eigenvalue weighted by Gasteiger charge is 2.05. The minimum atomic E-state index is -0.0203. The molecular formula is C14H12BrN. The van der Waals surface area contributed by atoms with E-state index in [9.17, 15) is 0 Å². The van der Waals surface area contributed by atoms with Crippen molar-refractivity contribution in [3.05, 3.63) is 46.4 Å². The number of benzene rings is 2. The molecule has 0 aromatic heterocycles. The second kappa shape index (κ2) is 4.69. The minimum absolute atomic E-state index is 0.0203. The molecule has 0 aliphatic rings. The fraction of sp³-hybridized carbons (Fsp3) is 0.143. The SMILES string of the molecule is C#CC(NC)c1ccc2cc(Br)ccc2c1. The van der Waals surface area contributed by atoms with Crippen molar-refractivity contribution in [3.8, 4) is 12.3 Å². The van der Waals surface area contributed by atoms with Gasteiger partial charge in [0.1, 0.15) is 0 Å². The quantitative estimate of drug-likeness (QED) is 0.826. The van der Waals surface area contributed by atoms with Gasteiger partial charge in [0.25, 0.3) is 0 Å². The summed E-state index contributed by atoms with van der Waals surface area (Å²) in [5.41, 5.74) is 1.12. The Balaban J connectivity index is 2.53. The predicted molar refractivity (Wildman–Crippen MR) is 72.3 cm³/mol. The van der Waals surface area contributed by atoms with Crippen molar-refractivity contribution in [1.82, 2.24) is 5.32 Å². The van der Waals surface area contributed by atoms with Gasteiger partial charge in [-0.2, -0.15) is 0 Å². The summed E-state index contributed by atoms with van der Waals surface area (Å²) >= 11 is 3.46. The standard InChI is InChI=1S/C14H12BrN/c1-3-14(16-2)12-5-4-11-9-13(15)7-6-10(11)8-12/h1,4-9,14,16H,2H3. The molecule has 0 radical (unpaired) electrons. The maximum atomic E-state index is 5.46. The molecule has 2 aromatic rings. The molecule has 0 aliphatic heterocycles. The highest BCUT2D eigenvalue weighted by atomic mass is 79.9. The Morgan fingerprint density at radius 3 is 2.56 bits per heavy atom. The second-order valence-electron chi connectivity index (χ2n) is 3.64. The van der Waals surface area contributed by atoms with E-state index in [0.717, 1.165) is 10.0 Å². The molecule has 0 bridgehead atoms. The van der Waals surface area contributed by atoms with Gasteiger partial charge in [0.05, 0.1) is 6.04 Å². The Morgan fingerprint density at radius 2 is 1.88 bits per heavy atom. The van der Waals surface area contributed by atoms with E-state index in [4.69, 9.17) is 6.42 Å². The number of halogens is 1. The molecule has 1 N–H and O–H groups in total. The molecule has 0 amide bonds. The van der Waals surface area contributed by atoms with Gasteiger partial charge >= 0.3 is 0 Å². The van der Waals surface area contributed by atoms with E-state index in [-0.39, 0.29) is 6.04 Å². The van der Waals surface area contributed by atoms with Crippen LogP contribution in [0.5, 0.6) is 0 Å².